The molecule has 1 N–H and O–H groups in total. The molecule has 30 heavy (non-hydrogen) atoms. The van der Waals surface area contributed by atoms with Gasteiger partial charge in [-0.2, -0.15) is 5.10 Å². The summed E-state index contributed by atoms with van der Waals surface area (Å²) in [6.45, 7) is 2.43. The Labute approximate surface area is 177 Å². The molecule has 4 heterocycles. The summed E-state index contributed by atoms with van der Waals surface area (Å²) in [7, 11) is 1.93. The van der Waals surface area contributed by atoms with Crippen LogP contribution >= 0.6 is 11.3 Å². The number of benzene rings is 1. The van der Waals surface area contributed by atoms with E-state index in [2.05, 4.69) is 28.8 Å². The van der Waals surface area contributed by atoms with Crippen LogP contribution in [0.2, 0.25) is 0 Å². The van der Waals surface area contributed by atoms with Crippen LogP contribution in [0.4, 0.5) is 0 Å². The van der Waals surface area contributed by atoms with Crippen molar-refractivity contribution in [2.75, 3.05) is 0 Å². The number of aryl methyl sites for hydroxylation is 2. The van der Waals surface area contributed by atoms with E-state index in [4.69, 9.17) is 0 Å². The highest BCUT2D eigenvalue weighted by Crippen LogP contribution is 2.37. The van der Waals surface area contributed by atoms with Gasteiger partial charge in [0.2, 0.25) is 11.8 Å². The molecule has 7 nitrogen and oxygen atoms in total. The van der Waals surface area contributed by atoms with Crippen molar-refractivity contribution < 1.29 is 14.4 Å². The van der Waals surface area contributed by atoms with E-state index in [1.807, 2.05) is 36.1 Å². The summed E-state index contributed by atoms with van der Waals surface area (Å²) in [5, 5.41) is 8.91. The maximum atomic E-state index is 12.9. The maximum Gasteiger partial charge on any atom is 0.255 e. The molecule has 8 heteroatoms. The topological polar surface area (TPSA) is 84.3 Å². The Hall–Kier alpha value is -3.26. The predicted octanol–water partition coefficient (Wildman–Crippen LogP) is 2.89. The zero-order chi connectivity index (χ0) is 21.0. The average molecular weight is 420 g/mol. The van der Waals surface area contributed by atoms with E-state index in [1.54, 1.807) is 16.2 Å². The third-order valence-corrected chi connectivity index (χ3v) is 6.79. The summed E-state index contributed by atoms with van der Waals surface area (Å²) >= 11 is 1.68. The third kappa shape index (κ3) is 2.95. The van der Waals surface area contributed by atoms with Crippen molar-refractivity contribution in [3.63, 3.8) is 0 Å². The summed E-state index contributed by atoms with van der Waals surface area (Å²) in [5.74, 6) is -0.836. The van der Waals surface area contributed by atoms with Gasteiger partial charge in [-0.15, -0.1) is 11.3 Å². The molecule has 5 rings (SSSR count). The van der Waals surface area contributed by atoms with Crippen LogP contribution in [0.15, 0.2) is 35.8 Å². The summed E-state index contributed by atoms with van der Waals surface area (Å²) < 4.78 is 1.87. The van der Waals surface area contributed by atoms with Crippen LogP contribution in [-0.2, 0) is 23.2 Å². The Morgan fingerprint density at radius 3 is 2.73 bits per heavy atom. The number of aromatic nitrogens is 2. The molecular formula is C22H20N4O3S. The SMILES string of the molecule is Cc1csc(-c2c(-c3ccc4c(c3)CN(C3CCC(=O)NC3=O)C4=O)cnn2C)c1. The van der Waals surface area contributed by atoms with E-state index in [0.29, 0.717) is 18.5 Å². The lowest BCUT2D eigenvalue weighted by molar-refractivity contribution is -0.136. The predicted molar refractivity (Wildman–Crippen MR) is 113 cm³/mol. The number of carbonyl (C=O) groups excluding carboxylic acids is 3. The minimum atomic E-state index is -0.603. The van der Waals surface area contributed by atoms with Gasteiger partial charge in [-0.05, 0) is 53.6 Å². The highest BCUT2D eigenvalue weighted by atomic mass is 32.1. The molecule has 152 valence electrons. The Balaban J connectivity index is 1.49. The van der Waals surface area contributed by atoms with Crippen LogP contribution in [-0.4, -0.2) is 38.4 Å². The second-order valence-corrected chi connectivity index (χ2v) is 8.70. The molecular weight excluding hydrogens is 400 g/mol. The molecule has 0 aliphatic carbocycles. The first-order valence-corrected chi connectivity index (χ1v) is 10.7. The van der Waals surface area contributed by atoms with Gasteiger partial charge in [-0.25, -0.2) is 0 Å². The maximum absolute atomic E-state index is 12.9. The summed E-state index contributed by atoms with van der Waals surface area (Å²) in [6.07, 6.45) is 2.46. The largest absolute Gasteiger partial charge is 0.322 e. The monoisotopic (exact) mass is 420 g/mol. The number of hydrogen-bond donors (Lipinski definition) is 1. The number of amides is 3. The van der Waals surface area contributed by atoms with Gasteiger partial charge in [0.05, 0.1) is 16.8 Å². The van der Waals surface area contributed by atoms with E-state index in [1.165, 1.54) is 5.56 Å². The number of piperidine rings is 1. The Bertz CT molecular complexity index is 1210. The van der Waals surface area contributed by atoms with Gasteiger partial charge < -0.3 is 4.90 Å². The number of nitrogens with one attached hydrogen (secondary N) is 1. The van der Waals surface area contributed by atoms with Crippen molar-refractivity contribution in [2.24, 2.45) is 7.05 Å². The van der Waals surface area contributed by atoms with Crippen LogP contribution < -0.4 is 5.32 Å². The standard InChI is InChI=1S/C22H20N4O3S/c1-12-7-18(30-11-12)20-16(9-23-25(20)2)13-3-4-15-14(8-13)10-26(22(15)29)17-5-6-19(27)24-21(17)28/h3-4,7-9,11,17H,5-6,10H2,1-2H3,(H,24,27,28). The molecule has 2 aliphatic rings. The zero-order valence-corrected chi connectivity index (χ0v) is 17.5. The molecule has 0 bridgehead atoms. The summed E-state index contributed by atoms with van der Waals surface area (Å²) in [6, 6.07) is 7.32. The normalized spacial score (nSPS) is 18.7. The van der Waals surface area contributed by atoms with Crippen LogP contribution in [0, 0.1) is 6.92 Å². The zero-order valence-electron chi connectivity index (χ0n) is 16.6. The van der Waals surface area contributed by atoms with E-state index >= 15 is 0 Å². The molecule has 1 unspecified atom stereocenters. The molecule has 2 aliphatic heterocycles. The first-order valence-electron chi connectivity index (χ1n) is 9.78. The van der Waals surface area contributed by atoms with Crippen molar-refractivity contribution in [2.45, 2.75) is 32.4 Å². The van der Waals surface area contributed by atoms with Gasteiger partial charge in [-0.1, -0.05) is 6.07 Å². The quantitative estimate of drug-likeness (QED) is 0.661. The van der Waals surface area contributed by atoms with Gasteiger partial charge in [0, 0.05) is 31.1 Å². The fraction of sp³-hybridized carbons (Fsp3) is 0.273. The molecule has 0 radical (unpaired) electrons. The van der Waals surface area contributed by atoms with Crippen LogP contribution in [0.25, 0.3) is 21.7 Å². The Kier molecular flexibility index (Phi) is 4.32. The van der Waals surface area contributed by atoms with Crippen molar-refractivity contribution >= 4 is 29.1 Å². The fourth-order valence-electron chi connectivity index (χ4n) is 4.24. The minimum Gasteiger partial charge on any atom is -0.322 e. The van der Waals surface area contributed by atoms with Gasteiger partial charge in [0.25, 0.3) is 5.91 Å². The van der Waals surface area contributed by atoms with Gasteiger partial charge in [0.1, 0.15) is 6.04 Å². The molecule has 3 amide bonds. The van der Waals surface area contributed by atoms with Gasteiger partial charge in [0.15, 0.2) is 0 Å². The number of nitrogens with zero attached hydrogens (tertiary/aromatic N) is 3. The lowest BCUT2D eigenvalue weighted by atomic mass is 10.00. The summed E-state index contributed by atoms with van der Waals surface area (Å²) in [5.41, 5.74) is 5.75. The van der Waals surface area contributed by atoms with E-state index < -0.39 is 11.9 Å². The van der Waals surface area contributed by atoms with Crippen LogP contribution in [0.1, 0.15) is 34.3 Å². The highest BCUT2D eigenvalue weighted by Gasteiger charge is 2.39. The van der Waals surface area contributed by atoms with Crippen LogP contribution in [0.3, 0.4) is 0 Å². The number of imide groups is 1. The first-order chi connectivity index (χ1) is 14.4. The fourth-order valence-corrected chi connectivity index (χ4v) is 5.23. The van der Waals surface area contributed by atoms with Crippen molar-refractivity contribution in [1.82, 2.24) is 20.0 Å². The number of thiophene rings is 1. The molecule has 0 saturated carbocycles. The van der Waals surface area contributed by atoms with Crippen molar-refractivity contribution in [1.29, 1.82) is 0 Å². The van der Waals surface area contributed by atoms with Gasteiger partial charge in [-0.3, -0.25) is 24.4 Å². The van der Waals surface area contributed by atoms with Crippen molar-refractivity contribution in [3.8, 4) is 21.7 Å². The molecule has 0 spiro atoms. The first kappa shape index (κ1) is 18.7. The van der Waals surface area contributed by atoms with E-state index in [9.17, 15) is 14.4 Å². The third-order valence-electron chi connectivity index (χ3n) is 5.74. The molecule has 2 aromatic heterocycles. The lowest BCUT2D eigenvalue weighted by Gasteiger charge is -2.29. The molecule has 1 aromatic carbocycles. The second-order valence-electron chi connectivity index (χ2n) is 7.79. The van der Waals surface area contributed by atoms with E-state index in [-0.39, 0.29) is 18.2 Å². The molecule has 1 fully saturated rings. The Morgan fingerprint density at radius 1 is 1.17 bits per heavy atom. The molecule has 1 saturated heterocycles. The number of fused-ring (bicyclic) bond motifs is 1. The molecule has 1 atom stereocenters. The molecule has 3 aromatic rings. The minimum absolute atomic E-state index is 0.161. The van der Waals surface area contributed by atoms with Crippen LogP contribution in [0.5, 0.6) is 0 Å². The smallest absolute Gasteiger partial charge is 0.255 e. The Morgan fingerprint density at radius 2 is 2.00 bits per heavy atom. The number of hydrogen-bond acceptors (Lipinski definition) is 5. The van der Waals surface area contributed by atoms with Gasteiger partial charge >= 0.3 is 0 Å². The second kappa shape index (κ2) is 6.91. The van der Waals surface area contributed by atoms with E-state index in [0.717, 1.165) is 27.3 Å². The number of rotatable bonds is 3. The lowest BCUT2D eigenvalue weighted by Crippen LogP contribution is -2.52. The van der Waals surface area contributed by atoms with Crippen molar-refractivity contribution in [3.05, 3.63) is 52.5 Å². The number of carbonyl (C=O) groups is 3. The average Bonchev–Trinajstić information content (AvgIpc) is 3.39. The summed E-state index contributed by atoms with van der Waals surface area (Å²) in [4.78, 5) is 39.3. The highest BCUT2D eigenvalue weighted by molar-refractivity contribution is 7.13.